The Hall–Kier alpha value is -3.07. The number of carbonyl (C=O) groups is 2. The number of urea groups is 1. The van der Waals surface area contributed by atoms with Crippen molar-refractivity contribution in [1.82, 2.24) is 15.4 Å². The van der Waals surface area contributed by atoms with Crippen molar-refractivity contribution in [3.63, 3.8) is 0 Å². The molecule has 2 aromatic rings. The minimum Gasteiger partial charge on any atom is -0.497 e. The van der Waals surface area contributed by atoms with Gasteiger partial charge < -0.3 is 15.4 Å². The van der Waals surface area contributed by atoms with Crippen molar-refractivity contribution in [2.24, 2.45) is 0 Å². The maximum atomic E-state index is 12.3. The summed E-state index contributed by atoms with van der Waals surface area (Å²) in [5, 5.41) is 5.29. The fraction of sp³-hybridized carbons (Fsp3) is 0.333. The number of ether oxygens (including phenoxy) is 1. The highest BCUT2D eigenvalue weighted by Gasteiger charge is 2.17. The lowest BCUT2D eigenvalue weighted by atomic mass is 10.1. The summed E-state index contributed by atoms with van der Waals surface area (Å²) in [6.45, 7) is 2.64. The average molecular weight is 434 g/mol. The van der Waals surface area contributed by atoms with Gasteiger partial charge in [-0.25, -0.2) is 17.9 Å². The van der Waals surface area contributed by atoms with Crippen LogP contribution in [-0.4, -0.2) is 34.0 Å². The molecule has 0 fully saturated rings. The molecule has 2 rings (SSSR count). The summed E-state index contributed by atoms with van der Waals surface area (Å²) in [6, 6.07) is 12.5. The SMILES string of the molecule is CCCCNC(=O)NS(=O)(=O)c1ccc(CNC(=O)Cc2cccc(OC)c2)cc1. The first kappa shape index (κ1) is 23.2. The Labute approximate surface area is 177 Å². The number of nitrogens with one attached hydrogen (secondary N) is 3. The standard InChI is InChI=1S/C21H27N3O5S/c1-3-4-12-22-21(26)24-30(27,28)19-10-8-16(9-11-19)15-23-20(25)14-17-6-5-7-18(13-17)29-2/h5-11,13H,3-4,12,14-15H2,1-2H3,(H,23,25)(H2,22,24,26). The second-order valence-corrected chi connectivity index (χ2v) is 8.35. The van der Waals surface area contributed by atoms with Gasteiger partial charge in [0.2, 0.25) is 5.91 Å². The summed E-state index contributed by atoms with van der Waals surface area (Å²) in [7, 11) is -2.39. The number of benzene rings is 2. The predicted octanol–water partition coefficient (Wildman–Crippen LogP) is 2.34. The van der Waals surface area contributed by atoms with E-state index < -0.39 is 16.1 Å². The third-order valence-corrected chi connectivity index (χ3v) is 5.61. The summed E-state index contributed by atoms with van der Waals surface area (Å²) in [6.07, 6.45) is 1.87. The first-order valence-corrected chi connectivity index (χ1v) is 11.1. The van der Waals surface area contributed by atoms with Crippen LogP contribution >= 0.6 is 0 Å². The molecule has 3 amide bonds. The van der Waals surface area contributed by atoms with E-state index in [0.717, 1.165) is 24.0 Å². The Balaban J connectivity index is 1.87. The first-order chi connectivity index (χ1) is 14.3. The molecule has 0 saturated heterocycles. The zero-order valence-corrected chi connectivity index (χ0v) is 17.9. The van der Waals surface area contributed by atoms with Crippen molar-refractivity contribution in [2.45, 2.75) is 37.6 Å². The van der Waals surface area contributed by atoms with Gasteiger partial charge in [-0.2, -0.15) is 0 Å². The molecule has 0 spiro atoms. The number of unbranched alkanes of at least 4 members (excludes halogenated alkanes) is 1. The lowest BCUT2D eigenvalue weighted by Crippen LogP contribution is -2.39. The summed E-state index contributed by atoms with van der Waals surface area (Å²) >= 11 is 0. The highest BCUT2D eigenvalue weighted by molar-refractivity contribution is 7.90. The van der Waals surface area contributed by atoms with Crippen LogP contribution in [-0.2, 0) is 27.8 Å². The van der Waals surface area contributed by atoms with Crippen LogP contribution in [0.1, 0.15) is 30.9 Å². The molecule has 0 aliphatic rings. The van der Waals surface area contributed by atoms with Crippen molar-refractivity contribution in [3.05, 3.63) is 59.7 Å². The second-order valence-electron chi connectivity index (χ2n) is 6.66. The maximum Gasteiger partial charge on any atom is 0.328 e. The first-order valence-electron chi connectivity index (χ1n) is 9.63. The molecule has 162 valence electrons. The van der Waals surface area contributed by atoms with E-state index in [9.17, 15) is 18.0 Å². The molecule has 0 aliphatic heterocycles. The quantitative estimate of drug-likeness (QED) is 0.498. The Morgan fingerprint density at radius 3 is 2.40 bits per heavy atom. The highest BCUT2D eigenvalue weighted by atomic mass is 32.2. The maximum absolute atomic E-state index is 12.3. The molecule has 0 unspecified atom stereocenters. The normalized spacial score (nSPS) is 10.9. The van der Waals surface area contributed by atoms with E-state index in [-0.39, 0.29) is 23.8 Å². The largest absolute Gasteiger partial charge is 0.497 e. The minimum atomic E-state index is -3.95. The van der Waals surface area contributed by atoms with Crippen molar-refractivity contribution in [3.8, 4) is 5.75 Å². The third kappa shape index (κ3) is 7.40. The summed E-state index contributed by atoms with van der Waals surface area (Å²) in [4.78, 5) is 23.8. The number of amides is 3. The molecule has 30 heavy (non-hydrogen) atoms. The van der Waals surface area contributed by atoms with Gasteiger partial charge in [-0.15, -0.1) is 0 Å². The third-order valence-electron chi connectivity index (χ3n) is 4.27. The lowest BCUT2D eigenvalue weighted by molar-refractivity contribution is -0.120. The van der Waals surface area contributed by atoms with Gasteiger partial charge in [0.15, 0.2) is 0 Å². The van der Waals surface area contributed by atoms with Gasteiger partial charge in [-0.05, 0) is 41.8 Å². The van der Waals surface area contributed by atoms with Crippen LogP contribution in [0.2, 0.25) is 0 Å². The van der Waals surface area contributed by atoms with E-state index in [0.29, 0.717) is 12.3 Å². The highest BCUT2D eigenvalue weighted by Crippen LogP contribution is 2.13. The van der Waals surface area contributed by atoms with Gasteiger partial charge in [0.05, 0.1) is 18.4 Å². The molecule has 0 saturated carbocycles. The van der Waals surface area contributed by atoms with Gasteiger partial charge in [0, 0.05) is 13.1 Å². The van der Waals surface area contributed by atoms with Gasteiger partial charge in [0.25, 0.3) is 10.0 Å². The van der Waals surface area contributed by atoms with E-state index >= 15 is 0 Å². The molecule has 0 aliphatic carbocycles. The van der Waals surface area contributed by atoms with Gasteiger partial charge in [0.1, 0.15) is 5.75 Å². The number of hydrogen-bond donors (Lipinski definition) is 3. The number of rotatable bonds is 10. The molecule has 0 atom stereocenters. The van der Waals surface area contributed by atoms with E-state index in [4.69, 9.17) is 4.74 Å². The molecular weight excluding hydrogens is 406 g/mol. The summed E-state index contributed by atoms with van der Waals surface area (Å²) in [5.74, 6) is 0.523. The smallest absolute Gasteiger partial charge is 0.328 e. The van der Waals surface area contributed by atoms with Crippen LogP contribution < -0.4 is 20.1 Å². The topological polar surface area (TPSA) is 114 Å². The number of sulfonamides is 1. The van der Waals surface area contributed by atoms with E-state index in [1.807, 2.05) is 23.8 Å². The van der Waals surface area contributed by atoms with Crippen LogP contribution in [0, 0.1) is 0 Å². The summed E-state index contributed by atoms with van der Waals surface area (Å²) < 4.78 is 31.6. The summed E-state index contributed by atoms with van der Waals surface area (Å²) in [5.41, 5.74) is 1.57. The van der Waals surface area contributed by atoms with Crippen LogP contribution in [0.15, 0.2) is 53.4 Å². The van der Waals surface area contributed by atoms with Crippen molar-refractivity contribution in [1.29, 1.82) is 0 Å². The zero-order chi connectivity index (χ0) is 22.0. The Kier molecular flexibility index (Phi) is 8.67. The molecule has 3 N–H and O–H groups in total. The van der Waals surface area contributed by atoms with Crippen LogP contribution in [0.4, 0.5) is 4.79 Å². The molecule has 0 aromatic heterocycles. The van der Waals surface area contributed by atoms with E-state index in [1.54, 1.807) is 31.4 Å². The molecule has 0 heterocycles. The Bertz CT molecular complexity index is 959. The van der Waals surface area contributed by atoms with Gasteiger partial charge in [-0.1, -0.05) is 37.6 Å². The average Bonchev–Trinajstić information content (AvgIpc) is 2.72. The van der Waals surface area contributed by atoms with Crippen LogP contribution in [0.25, 0.3) is 0 Å². The molecule has 0 bridgehead atoms. The van der Waals surface area contributed by atoms with Crippen LogP contribution in [0.3, 0.4) is 0 Å². The number of hydrogen-bond acceptors (Lipinski definition) is 5. The zero-order valence-electron chi connectivity index (χ0n) is 17.1. The molecular formula is C21H27N3O5S. The molecule has 2 aromatic carbocycles. The predicted molar refractivity (Wildman–Crippen MR) is 114 cm³/mol. The monoisotopic (exact) mass is 433 g/mol. The van der Waals surface area contributed by atoms with Crippen LogP contribution in [0.5, 0.6) is 5.75 Å². The second kappa shape index (κ2) is 11.2. The van der Waals surface area contributed by atoms with Crippen molar-refractivity contribution < 1.29 is 22.7 Å². The van der Waals surface area contributed by atoms with Crippen molar-refractivity contribution in [2.75, 3.05) is 13.7 Å². The van der Waals surface area contributed by atoms with E-state index in [1.165, 1.54) is 12.1 Å². The fourth-order valence-corrected chi connectivity index (χ4v) is 3.54. The van der Waals surface area contributed by atoms with Gasteiger partial charge in [-0.3, -0.25) is 4.79 Å². The van der Waals surface area contributed by atoms with E-state index in [2.05, 4.69) is 10.6 Å². The number of methoxy groups -OCH3 is 1. The Morgan fingerprint density at radius 1 is 1.00 bits per heavy atom. The molecule has 0 radical (unpaired) electrons. The molecule has 9 heteroatoms. The van der Waals surface area contributed by atoms with Crippen molar-refractivity contribution >= 4 is 22.0 Å². The number of carbonyl (C=O) groups excluding carboxylic acids is 2. The minimum absolute atomic E-state index is 0.0281. The Morgan fingerprint density at radius 2 is 1.73 bits per heavy atom. The fourth-order valence-electron chi connectivity index (χ4n) is 2.61. The lowest BCUT2D eigenvalue weighted by Gasteiger charge is -2.10. The molecule has 8 nitrogen and oxygen atoms in total. The van der Waals surface area contributed by atoms with Gasteiger partial charge >= 0.3 is 6.03 Å².